The van der Waals surface area contributed by atoms with E-state index in [0.29, 0.717) is 6.42 Å². The SMILES string of the molecule is CCCS(=O)(=O)OC1CC(C(=O)OC)N(C(=O)OC(C)(C)C)C1. The number of amides is 1. The van der Waals surface area contributed by atoms with Gasteiger partial charge in [0, 0.05) is 6.42 Å². The third-order valence-corrected chi connectivity index (χ3v) is 4.57. The van der Waals surface area contributed by atoms with E-state index in [1.54, 1.807) is 27.7 Å². The summed E-state index contributed by atoms with van der Waals surface area (Å²) in [5, 5.41) is 0. The maximum atomic E-state index is 12.2. The third kappa shape index (κ3) is 5.98. The normalized spacial score (nSPS) is 22.0. The van der Waals surface area contributed by atoms with Crippen molar-refractivity contribution in [1.82, 2.24) is 4.90 Å². The van der Waals surface area contributed by atoms with Crippen LogP contribution in [-0.2, 0) is 28.6 Å². The number of ether oxygens (including phenoxy) is 2. The van der Waals surface area contributed by atoms with Crippen molar-refractivity contribution >= 4 is 22.2 Å². The van der Waals surface area contributed by atoms with Crippen LogP contribution in [0.4, 0.5) is 4.79 Å². The van der Waals surface area contributed by atoms with Crippen molar-refractivity contribution in [3.63, 3.8) is 0 Å². The molecule has 1 amide bonds. The first kappa shape index (κ1) is 19.7. The molecule has 1 saturated heterocycles. The van der Waals surface area contributed by atoms with Gasteiger partial charge in [-0.15, -0.1) is 0 Å². The lowest BCUT2D eigenvalue weighted by Crippen LogP contribution is -2.44. The second-order valence-corrected chi connectivity index (χ2v) is 8.10. The number of hydrogen-bond acceptors (Lipinski definition) is 7. The van der Waals surface area contributed by atoms with E-state index in [9.17, 15) is 18.0 Å². The lowest BCUT2D eigenvalue weighted by Gasteiger charge is -2.27. The van der Waals surface area contributed by atoms with E-state index in [1.165, 1.54) is 7.11 Å². The van der Waals surface area contributed by atoms with E-state index < -0.39 is 39.9 Å². The molecule has 0 bridgehead atoms. The highest BCUT2D eigenvalue weighted by atomic mass is 32.2. The number of likely N-dealkylation sites (tertiary alicyclic amines) is 1. The second-order valence-electron chi connectivity index (χ2n) is 6.39. The summed E-state index contributed by atoms with van der Waals surface area (Å²) in [5.74, 6) is -0.742. The van der Waals surface area contributed by atoms with E-state index in [4.69, 9.17) is 8.92 Å². The molecule has 0 spiro atoms. The van der Waals surface area contributed by atoms with Crippen molar-refractivity contribution in [2.75, 3.05) is 19.4 Å². The largest absolute Gasteiger partial charge is 0.467 e. The average Bonchev–Trinajstić information content (AvgIpc) is 2.78. The molecular formula is C14H25NO7S. The van der Waals surface area contributed by atoms with Crippen LogP contribution in [0.25, 0.3) is 0 Å². The molecule has 0 saturated carbocycles. The predicted molar refractivity (Wildman–Crippen MR) is 82.3 cm³/mol. The van der Waals surface area contributed by atoms with Crippen molar-refractivity contribution < 1.29 is 31.7 Å². The summed E-state index contributed by atoms with van der Waals surface area (Å²) in [6.45, 7) is 6.78. The van der Waals surface area contributed by atoms with E-state index in [1.807, 2.05) is 0 Å². The Hall–Kier alpha value is -1.35. The Labute approximate surface area is 137 Å². The Morgan fingerprint density at radius 3 is 2.35 bits per heavy atom. The molecule has 1 fully saturated rings. The van der Waals surface area contributed by atoms with Crippen LogP contribution in [0, 0.1) is 0 Å². The van der Waals surface area contributed by atoms with Crippen molar-refractivity contribution in [1.29, 1.82) is 0 Å². The second kappa shape index (κ2) is 7.48. The first-order valence-corrected chi connectivity index (χ1v) is 9.05. The molecule has 0 radical (unpaired) electrons. The van der Waals surface area contributed by atoms with Gasteiger partial charge >= 0.3 is 12.1 Å². The minimum atomic E-state index is -3.69. The molecule has 0 aliphatic carbocycles. The van der Waals surface area contributed by atoms with Gasteiger partial charge in [0.1, 0.15) is 11.6 Å². The molecule has 2 unspecified atom stereocenters. The van der Waals surface area contributed by atoms with Gasteiger partial charge in [-0.1, -0.05) is 6.92 Å². The number of methoxy groups -OCH3 is 1. The van der Waals surface area contributed by atoms with Gasteiger partial charge in [0.25, 0.3) is 10.1 Å². The molecule has 134 valence electrons. The molecule has 8 nitrogen and oxygen atoms in total. The summed E-state index contributed by atoms with van der Waals surface area (Å²) in [5.41, 5.74) is -0.731. The predicted octanol–water partition coefficient (Wildman–Crippen LogP) is 1.29. The molecule has 1 aliphatic heterocycles. The molecule has 0 aromatic carbocycles. The van der Waals surface area contributed by atoms with E-state index in [0.717, 1.165) is 4.90 Å². The number of nitrogens with zero attached hydrogens (tertiary/aromatic N) is 1. The zero-order valence-corrected chi connectivity index (χ0v) is 15.0. The fraction of sp³-hybridized carbons (Fsp3) is 0.857. The minimum Gasteiger partial charge on any atom is -0.467 e. The van der Waals surface area contributed by atoms with Gasteiger partial charge in [-0.3, -0.25) is 9.08 Å². The molecule has 1 aliphatic rings. The molecule has 2 atom stereocenters. The van der Waals surface area contributed by atoms with Crippen LogP contribution < -0.4 is 0 Å². The molecular weight excluding hydrogens is 326 g/mol. The summed E-state index contributed by atoms with van der Waals surface area (Å²) in [7, 11) is -2.48. The molecule has 9 heteroatoms. The van der Waals surface area contributed by atoms with E-state index in [-0.39, 0.29) is 18.7 Å². The Morgan fingerprint density at radius 2 is 1.87 bits per heavy atom. The maximum Gasteiger partial charge on any atom is 0.411 e. The van der Waals surface area contributed by atoms with Gasteiger partial charge in [0.05, 0.1) is 25.5 Å². The van der Waals surface area contributed by atoms with Crippen molar-refractivity contribution in [2.24, 2.45) is 0 Å². The molecule has 1 rings (SSSR count). The number of esters is 1. The number of hydrogen-bond donors (Lipinski definition) is 0. The topological polar surface area (TPSA) is 99.2 Å². The maximum absolute atomic E-state index is 12.2. The molecule has 0 aromatic rings. The first-order valence-electron chi connectivity index (χ1n) is 7.47. The first-order chi connectivity index (χ1) is 10.5. The molecule has 1 heterocycles. The number of carbonyl (C=O) groups is 2. The zero-order chi connectivity index (χ0) is 17.8. The fourth-order valence-corrected chi connectivity index (χ4v) is 3.40. The van der Waals surface area contributed by atoms with E-state index >= 15 is 0 Å². The summed E-state index contributed by atoms with van der Waals surface area (Å²) in [6, 6.07) is -0.920. The van der Waals surface area contributed by atoms with Crippen LogP contribution in [0.15, 0.2) is 0 Å². The van der Waals surface area contributed by atoms with Gasteiger partial charge in [-0.2, -0.15) is 8.42 Å². The highest BCUT2D eigenvalue weighted by molar-refractivity contribution is 7.86. The smallest absolute Gasteiger partial charge is 0.411 e. The number of carbonyl (C=O) groups excluding carboxylic acids is 2. The lowest BCUT2D eigenvalue weighted by molar-refractivity contribution is -0.145. The Balaban J connectivity index is 2.87. The summed E-state index contributed by atoms with van der Waals surface area (Å²) in [6.07, 6.45) is -1.02. The molecule has 0 N–H and O–H groups in total. The quantitative estimate of drug-likeness (QED) is 0.543. The summed E-state index contributed by atoms with van der Waals surface area (Å²) in [4.78, 5) is 25.2. The van der Waals surface area contributed by atoms with Crippen LogP contribution in [0.1, 0.15) is 40.5 Å². The van der Waals surface area contributed by atoms with Crippen molar-refractivity contribution in [3.05, 3.63) is 0 Å². The lowest BCUT2D eigenvalue weighted by atomic mass is 10.2. The monoisotopic (exact) mass is 351 g/mol. The van der Waals surface area contributed by atoms with Crippen LogP contribution >= 0.6 is 0 Å². The summed E-state index contributed by atoms with van der Waals surface area (Å²) >= 11 is 0. The Kier molecular flexibility index (Phi) is 6.41. The van der Waals surface area contributed by atoms with Crippen LogP contribution in [0.2, 0.25) is 0 Å². The Morgan fingerprint density at radius 1 is 1.26 bits per heavy atom. The molecule has 23 heavy (non-hydrogen) atoms. The fourth-order valence-electron chi connectivity index (χ4n) is 2.25. The minimum absolute atomic E-state index is 0.0440. The Bertz CT molecular complexity index is 538. The number of rotatable bonds is 5. The van der Waals surface area contributed by atoms with Crippen LogP contribution in [0.3, 0.4) is 0 Å². The van der Waals surface area contributed by atoms with Gasteiger partial charge in [0.15, 0.2) is 0 Å². The van der Waals surface area contributed by atoms with Gasteiger partial charge in [-0.25, -0.2) is 9.59 Å². The van der Waals surface area contributed by atoms with Crippen LogP contribution in [-0.4, -0.2) is 62.5 Å². The highest BCUT2D eigenvalue weighted by Gasteiger charge is 2.44. The zero-order valence-electron chi connectivity index (χ0n) is 14.2. The van der Waals surface area contributed by atoms with Crippen molar-refractivity contribution in [2.45, 2.75) is 58.3 Å². The van der Waals surface area contributed by atoms with Crippen LogP contribution in [0.5, 0.6) is 0 Å². The highest BCUT2D eigenvalue weighted by Crippen LogP contribution is 2.25. The van der Waals surface area contributed by atoms with Gasteiger partial charge in [0.2, 0.25) is 0 Å². The standard InChI is InChI=1S/C14H25NO7S/c1-6-7-23(18,19)22-10-8-11(12(16)20-5)15(9-10)13(17)21-14(2,3)4/h10-11H,6-9H2,1-5H3. The summed E-state index contributed by atoms with van der Waals surface area (Å²) < 4.78 is 38.5. The van der Waals surface area contributed by atoms with Crippen molar-refractivity contribution in [3.8, 4) is 0 Å². The van der Waals surface area contributed by atoms with Gasteiger partial charge < -0.3 is 9.47 Å². The molecule has 0 aromatic heterocycles. The van der Waals surface area contributed by atoms with Gasteiger partial charge in [-0.05, 0) is 27.2 Å². The average molecular weight is 351 g/mol. The van der Waals surface area contributed by atoms with E-state index in [2.05, 4.69) is 4.74 Å². The third-order valence-electron chi connectivity index (χ3n) is 3.10.